The molecule has 0 spiro atoms. The van der Waals surface area contributed by atoms with Crippen LogP contribution in [0.2, 0.25) is 0 Å². The van der Waals surface area contributed by atoms with Crippen molar-refractivity contribution in [3.8, 4) is 0 Å². The second-order valence-corrected chi connectivity index (χ2v) is 10.6. The van der Waals surface area contributed by atoms with Crippen LogP contribution in [-0.4, -0.2) is 85.2 Å². The first-order valence-corrected chi connectivity index (χ1v) is 12.9. The number of fused-ring (bicyclic) bond motifs is 1. The summed E-state index contributed by atoms with van der Waals surface area (Å²) in [5.74, 6) is 0.233. The molecular formula is C26H38N8O4. The summed E-state index contributed by atoms with van der Waals surface area (Å²) in [4.78, 5) is 26.7. The number of aliphatic hydroxyl groups is 2. The first-order chi connectivity index (χ1) is 18.1. The number of urea groups is 1. The van der Waals surface area contributed by atoms with Gasteiger partial charge in [-0.25, -0.2) is 19.7 Å². The van der Waals surface area contributed by atoms with Crippen molar-refractivity contribution in [1.29, 1.82) is 0 Å². The lowest BCUT2D eigenvalue weighted by molar-refractivity contribution is -0.0438. The lowest BCUT2D eigenvalue weighted by Gasteiger charge is -2.25. The monoisotopic (exact) mass is 526 g/mol. The van der Waals surface area contributed by atoms with E-state index in [1.807, 2.05) is 31.2 Å². The Morgan fingerprint density at radius 1 is 1.16 bits per heavy atom. The number of anilines is 2. The number of nitrogen functional groups attached to an aromatic ring is 1. The number of imidazole rings is 1. The molecule has 38 heavy (non-hydrogen) atoms. The van der Waals surface area contributed by atoms with Crippen molar-refractivity contribution in [3.63, 3.8) is 0 Å². The minimum absolute atomic E-state index is 0.0574. The Labute approximate surface area is 222 Å². The lowest BCUT2D eigenvalue weighted by atomic mass is 9.87. The number of benzene rings is 1. The lowest BCUT2D eigenvalue weighted by Crippen LogP contribution is -2.41. The van der Waals surface area contributed by atoms with Crippen LogP contribution in [0.3, 0.4) is 0 Å². The Morgan fingerprint density at radius 3 is 2.58 bits per heavy atom. The van der Waals surface area contributed by atoms with Gasteiger partial charge in [-0.3, -0.25) is 4.57 Å². The highest BCUT2D eigenvalue weighted by molar-refractivity contribution is 5.89. The Bertz CT molecular complexity index is 1230. The molecule has 1 saturated heterocycles. The Hall–Kier alpha value is -3.32. The van der Waals surface area contributed by atoms with E-state index in [9.17, 15) is 15.0 Å². The average molecular weight is 527 g/mol. The third-order valence-electron chi connectivity index (χ3n) is 6.83. The molecule has 2 amide bonds. The van der Waals surface area contributed by atoms with Crippen molar-refractivity contribution in [2.75, 3.05) is 37.2 Å². The number of ether oxygens (including phenoxy) is 1. The van der Waals surface area contributed by atoms with Crippen molar-refractivity contribution >= 4 is 28.7 Å². The molecule has 1 aliphatic heterocycles. The smallest absolute Gasteiger partial charge is 0.319 e. The highest BCUT2D eigenvalue weighted by Crippen LogP contribution is 2.32. The predicted molar refractivity (Wildman–Crippen MR) is 145 cm³/mol. The van der Waals surface area contributed by atoms with Gasteiger partial charge in [0.25, 0.3) is 0 Å². The molecule has 1 fully saturated rings. The maximum absolute atomic E-state index is 12.3. The van der Waals surface area contributed by atoms with E-state index in [0.29, 0.717) is 37.2 Å². The second kappa shape index (κ2) is 11.6. The first-order valence-electron chi connectivity index (χ1n) is 12.9. The quantitative estimate of drug-likeness (QED) is 0.262. The Balaban J connectivity index is 1.24. The van der Waals surface area contributed by atoms with Gasteiger partial charge in [0.05, 0.1) is 6.33 Å². The molecule has 12 nitrogen and oxygen atoms in total. The number of hydrogen-bond donors (Lipinski definition) is 5. The fourth-order valence-electron chi connectivity index (χ4n) is 4.53. The normalized spacial score (nSPS) is 21.8. The van der Waals surface area contributed by atoms with E-state index in [4.69, 9.17) is 10.5 Å². The number of nitrogens with one attached hydrogen (secondary N) is 2. The second-order valence-electron chi connectivity index (χ2n) is 10.6. The van der Waals surface area contributed by atoms with Gasteiger partial charge >= 0.3 is 6.03 Å². The van der Waals surface area contributed by atoms with E-state index in [1.165, 1.54) is 18.2 Å². The molecule has 1 aromatic carbocycles. The van der Waals surface area contributed by atoms with E-state index in [1.54, 1.807) is 4.57 Å². The predicted octanol–water partition coefficient (Wildman–Crippen LogP) is 1.86. The fraction of sp³-hybridized carbons (Fsp3) is 0.538. The van der Waals surface area contributed by atoms with Crippen LogP contribution in [0.25, 0.3) is 11.2 Å². The number of nitrogens with two attached hydrogens (primary N) is 1. The summed E-state index contributed by atoms with van der Waals surface area (Å²) in [6, 6.07) is 7.60. The van der Waals surface area contributed by atoms with Crippen LogP contribution in [0.15, 0.2) is 36.9 Å². The molecule has 0 saturated carbocycles. The Morgan fingerprint density at radius 2 is 1.89 bits per heavy atom. The zero-order valence-electron chi connectivity index (χ0n) is 22.3. The largest absolute Gasteiger partial charge is 0.387 e. The molecule has 3 aromatic rings. The topological polar surface area (TPSA) is 164 Å². The van der Waals surface area contributed by atoms with Gasteiger partial charge in [-0.2, -0.15) is 0 Å². The molecule has 0 unspecified atom stereocenters. The summed E-state index contributed by atoms with van der Waals surface area (Å²) in [7, 11) is 0. The van der Waals surface area contributed by atoms with E-state index < -0.39 is 24.5 Å². The summed E-state index contributed by atoms with van der Waals surface area (Å²) < 4.78 is 7.62. The zero-order valence-corrected chi connectivity index (χ0v) is 22.3. The maximum atomic E-state index is 12.3. The van der Waals surface area contributed by atoms with Crippen molar-refractivity contribution in [3.05, 3.63) is 42.5 Å². The van der Waals surface area contributed by atoms with E-state index in [2.05, 4.69) is 51.3 Å². The third-order valence-corrected chi connectivity index (χ3v) is 6.83. The number of carbonyl (C=O) groups is 1. The number of likely N-dealkylation sites (N-methyl/N-ethyl adjacent to an activating group) is 1. The van der Waals surface area contributed by atoms with Crippen molar-refractivity contribution in [2.45, 2.75) is 64.1 Å². The molecule has 206 valence electrons. The number of rotatable bonds is 9. The number of hydrogen-bond acceptors (Lipinski definition) is 9. The molecular weight excluding hydrogens is 488 g/mol. The van der Waals surface area contributed by atoms with Gasteiger partial charge in [0, 0.05) is 18.8 Å². The number of aromatic nitrogens is 4. The number of amides is 2. The maximum Gasteiger partial charge on any atom is 0.319 e. The molecule has 1 aliphatic rings. The van der Waals surface area contributed by atoms with Crippen molar-refractivity contribution in [1.82, 2.24) is 29.7 Å². The van der Waals surface area contributed by atoms with Gasteiger partial charge in [0.1, 0.15) is 30.2 Å². The van der Waals surface area contributed by atoms with Crippen LogP contribution in [0.4, 0.5) is 16.3 Å². The third kappa shape index (κ3) is 6.21. The minimum Gasteiger partial charge on any atom is -0.387 e. The highest BCUT2D eigenvalue weighted by atomic mass is 16.6. The number of carbonyl (C=O) groups excluding carboxylic acids is 1. The first kappa shape index (κ1) is 27.7. The fourth-order valence-corrected chi connectivity index (χ4v) is 4.53. The van der Waals surface area contributed by atoms with Crippen LogP contribution in [0.1, 0.15) is 45.9 Å². The van der Waals surface area contributed by atoms with Crippen LogP contribution in [0.5, 0.6) is 0 Å². The number of nitrogens with zero attached hydrogens (tertiary/aromatic N) is 5. The van der Waals surface area contributed by atoms with E-state index in [0.717, 1.165) is 12.2 Å². The molecule has 0 bridgehead atoms. The van der Waals surface area contributed by atoms with Gasteiger partial charge in [-0.05, 0) is 42.6 Å². The van der Waals surface area contributed by atoms with Gasteiger partial charge < -0.3 is 36.2 Å². The molecule has 4 atom stereocenters. The number of aliphatic hydroxyl groups excluding tert-OH is 2. The molecule has 6 N–H and O–H groups in total. The summed E-state index contributed by atoms with van der Waals surface area (Å²) in [5, 5.41) is 27.1. The standard InChI is InChI=1S/C26H38N8O4/c1-5-33(12-6-11-28-25(37)32-17-9-7-16(8-10-17)26(2,3)4)13-18-20(35)21(36)24(38-18)34-15-31-19-22(27)29-14-30-23(19)34/h7-10,14-15,18,20-21,24,35-36H,5-6,11-13H2,1-4H3,(H2,27,29,30)(H2,28,32,37)/t18-,20+,21-,24-/m1/s1. The van der Waals surface area contributed by atoms with Crippen molar-refractivity contribution < 1.29 is 19.7 Å². The molecule has 2 aromatic heterocycles. The van der Waals surface area contributed by atoms with Crippen LogP contribution in [-0.2, 0) is 10.2 Å². The summed E-state index contributed by atoms with van der Waals surface area (Å²) in [5.41, 5.74) is 8.70. The molecule has 0 radical (unpaired) electrons. The highest BCUT2D eigenvalue weighted by Gasteiger charge is 2.44. The Kier molecular flexibility index (Phi) is 8.46. The molecule has 3 heterocycles. The summed E-state index contributed by atoms with van der Waals surface area (Å²) >= 11 is 0. The molecule has 12 heteroatoms. The SMILES string of the molecule is CCN(CCCNC(=O)Nc1ccc(C(C)(C)C)cc1)C[C@H]1O[C@@H](n2cnc3c(N)ncnc32)[C@H](O)[C@H]1O. The van der Waals surface area contributed by atoms with Crippen molar-refractivity contribution in [2.24, 2.45) is 0 Å². The van der Waals surface area contributed by atoms with Gasteiger partial charge in [0.15, 0.2) is 17.7 Å². The summed E-state index contributed by atoms with van der Waals surface area (Å²) in [6.45, 7) is 10.8. The van der Waals surface area contributed by atoms with E-state index >= 15 is 0 Å². The van der Waals surface area contributed by atoms with Gasteiger partial charge in [-0.1, -0.05) is 39.8 Å². The minimum atomic E-state index is -1.16. The summed E-state index contributed by atoms with van der Waals surface area (Å²) in [6.07, 6.45) is -0.196. The van der Waals surface area contributed by atoms with Crippen LogP contribution >= 0.6 is 0 Å². The molecule has 0 aliphatic carbocycles. The van der Waals surface area contributed by atoms with Crippen LogP contribution in [0, 0.1) is 0 Å². The van der Waals surface area contributed by atoms with Gasteiger partial charge in [0.2, 0.25) is 0 Å². The average Bonchev–Trinajstić information content (AvgIpc) is 3.43. The molecule has 4 rings (SSSR count). The zero-order chi connectivity index (χ0) is 27.4. The van der Waals surface area contributed by atoms with Gasteiger partial charge in [-0.15, -0.1) is 0 Å². The van der Waals surface area contributed by atoms with E-state index in [-0.39, 0.29) is 17.3 Å². The van der Waals surface area contributed by atoms with Crippen LogP contribution < -0.4 is 16.4 Å².